The van der Waals surface area contributed by atoms with Crippen LogP contribution in [-0.4, -0.2) is 40.6 Å². The number of aromatic nitrogens is 3. The first-order chi connectivity index (χ1) is 12.6. The molecule has 1 saturated heterocycles. The van der Waals surface area contributed by atoms with E-state index >= 15 is 0 Å². The molecule has 1 fully saturated rings. The first-order valence-corrected chi connectivity index (χ1v) is 9.26. The van der Waals surface area contributed by atoms with E-state index in [1.807, 2.05) is 49.7 Å². The van der Waals surface area contributed by atoms with Crippen LogP contribution in [0.4, 0.5) is 0 Å². The number of hydrogen-bond acceptors (Lipinski definition) is 5. The molecule has 1 aliphatic heterocycles. The largest absolute Gasteiger partial charge is 0.494 e. The van der Waals surface area contributed by atoms with Gasteiger partial charge in [-0.25, -0.2) is 4.68 Å². The second-order valence-corrected chi connectivity index (χ2v) is 6.65. The Morgan fingerprint density at radius 1 is 1.42 bits per heavy atom. The number of amides is 1. The van der Waals surface area contributed by atoms with Crippen molar-refractivity contribution in [3.63, 3.8) is 0 Å². The molecule has 0 radical (unpaired) electrons. The van der Waals surface area contributed by atoms with Gasteiger partial charge in [0.25, 0.3) is 5.91 Å². The van der Waals surface area contributed by atoms with Crippen LogP contribution in [-0.2, 0) is 0 Å². The molecule has 1 aliphatic rings. The maximum absolute atomic E-state index is 12.7. The Morgan fingerprint density at radius 2 is 2.19 bits per heavy atom. The van der Waals surface area contributed by atoms with Gasteiger partial charge in [0.1, 0.15) is 5.75 Å². The minimum Gasteiger partial charge on any atom is -0.494 e. The average molecular weight is 357 g/mol. The molecular formula is C19H27N5O2. The topological polar surface area (TPSA) is 81.1 Å². The SMILES string of the molecule is CCOc1cccc(C(C)NC(=O)c2nnn(C3CCNCC3)c2C)c1. The van der Waals surface area contributed by atoms with E-state index in [-0.39, 0.29) is 11.9 Å². The zero-order valence-corrected chi connectivity index (χ0v) is 15.7. The van der Waals surface area contributed by atoms with Crippen LogP contribution in [0.15, 0.2) is 24.3 Å². The maximum atomic E-state index is 12.7. The highest BCUT2D eigenvalue weighted by molar-refractivity contribution is 5.93. The predicted molar refractivity (Wildman–Crippen MR) is 99.4 cm³/mol. The number of carbonyl (C=O) groups is 1. The van der Waals surface area contributed by atoms with E-state index in [1.54, 1.807) is 0 Å². The lowest BCUT2D eigenvalue weighted by molar-refractivity contribution is 0.0934. The summed E-state index contributed by atoms with van der Waals surface area (Å²) in [6.07, 6.45) is 2.01. The standard InChI is InChI=1S/C19H27N5O2/c1-4-26-17-7-5-6-15(12-17)13(2)21-19(25)18-14(3)24(23-22-18)16-8-10-20-11-9-16/h5-7,12-13,16,20H,4,8-11H2,1-3H3,(H,21,25). The molecule has 7 heteroatoms. The molecule has 2 N–H and O–H groups in total. The maximum Gasteiger partial charge on any atom is 0.274 e. The molecule has 0 spiro atoms. The first-order valence-electron chi connectivity index (χ1n) is 9.26. The molecule has 2 heterocycles. The molecule has 1 atom stereocenters. The number of nitrogens with one attached hydrogen (secondary N) is 2. The molecule has 26 heavy (non-hydrogen) atoms. The molecule has 1 aromatic heterocycles. The highest BCUT2D eigenvalue weighted by Crippen LogP contribution is 2.22. The van der Waals surface area contributed by atoms with E-state index in [1.165, 1.54) is 0 Å². The van der Waals surface area contributed by atoms with Gasteiger partial charge in [0.15, 0.2) is 5.69 Å². The Morgan fingerprint density at radius 3 is 2.92 bits per heavy atom. The Bertz CT molecular complexity index is 752. The van der Waals surface area contributed by atoms with Crippen molar-refractivity contribution in [3.8, 4) is 5.75 Å². The van der Waals surface area contributed by atoms with Gasteiger partial charge in [-0.3, -0.25) is 4.79 Å². The van der Waals surface area contributed by atoms with E-state index in [4.69, 9.17) is 4.74 Å². The predicted octanol–water partition coefficient (Wildman–Crippen LogP) is 2.40. The third-order valence-electron chi connectivity index (χ3n) is 4.81. The summed E-state index contributed by atoms with van der Waals surface area (Å²) in [5.74, 6) is 0.608. The summed E-state index contributed by atoms with van der Waals surface area (Å²) in [6, 6.07) is 7.94. The summed E-state index contributed by atoms with van der Waals surface area (Å²) in [5.41, 5.74) is 2.22. The summed E-state index contributed by atoms with van der Waals surface area (Å²) in [6.45, 7) is 8.37. The van der Waals surface area contributed by atoms with Crippen LogP contribution >= 0.6 is 0 Å². The van der Waals surface area contributed by atoms with Crippen molar-refractivity contribution in [3.05, 3.63) is 41.2 Å². The molecule has 7 nitrogen and oxygen atoms in total. The van der Waals surface area contributed by atoms with Gasteiger partial charge in [0.05, 0.1) is 24.4 Å². The van der Waals surface area contributed by atoms with Gasteiger partial charge in [-0.05, 0) is 64.4 Å². The fraction of sp³-hybridized carbons (Fsp3) is 0.526. The monoisotopic (exact) mass is 357 g/mol. The molecule has 140 valence electrons. The average Bonchev–Trinajstić information content (AvgIpc) is 3.04. The minimum atomic E-state index is -0.197. The number of ether oxygens (including phenoxy) is 1. The normalized spacial score (nSPS) is 16.3. The summed E-state index contributed by atoms with van der Waals surface area (Å²) < 4.78 is 7.43. The molecule has 1 amide bonds. The quantitative estimate of drug-likeness (QED) is 0.830. The summed E-state index contributed by atoms with van der Waals surface area (Å²) >= 11 is 0. The number of benzene rings is 1. The number of piperidine rings is 1. The lowest BCUT2D eigenvalue weighted by atomic mass is 10.1. The van der Waals surface area contributed by atoms with Gasteiger partial charge in [0.2, 0.25) is 0 Å². The Hall–Kier alpha value is -2.41. The van der Waals surface area contributed by atoms with Gasteiger partial charge in [-0.2, -0.15) is 0 Å². The number of hydrogen-bond donors (Lipinski definition) is 2. The Balaban J connectivity index is 1.69. The summed E-state index contributed by atoms with van der Waals surface area (Å²) in [4.78, 5) is 12.7. The molecule has 1 aromatic carbocycles. The highest BCUT2D eigenvalue weighted by Gasteiger charge is 2.23. The van der Waals surface area contributed by atoms with Gasteiger partial charge < -0.3 is 15.4 Å². The van der Waals surface area contributed by atoms with Crippen LogP contribution in [0.1, 0.15) is 60.5 Å². The van der Waals surface area contributed by atoms with Crippen LogP contribution in [0.5, 0.6) is 5.75 Å². The van der Waals surface area contributed by atoms with Gasteiger partial charge >= 0.3 is 0 Å². The lowest BCUT2D eigenvalue weighted by Gasteiger charge is -2.23. The van der Waals surface area contributed by atoms with Crippen molar-refractivity contribution >= 4 is 5.91 Å². The molecular weight excluding hydrogens is 330 g/mol. The second kappa shape index (κ2) is 8.31. The first kappa shape index (κ1) is 18.4. The number of carbonyl (C=O) groups excluding carboxylic acids is 1. The van der Waals surface area contributed by atoms with Crippen molar-refractivity contribution in [1.82, 2.24) is 25.6 Å². The number of nitrogens with zero attached hydrogens (tertiary/aromatic N) is 3. The third kappa shape index (κ3) is 4.04. The summed E-state index contributed by atoms with van der Waals surface area (Å²) in [5, 5.41) is 14.7. The second-order valence-electron chi connectivity index (χ2n) is 6.65. The fourth-order valence-corrected chi connectivity index (χ4v) is 3.34. The highest BCUT2D eigenvalue weighted by atomic mass is 16.5. The van der Waals surface area contributed by atoms with Crippen LogP contribution in [0.25, 0.3) is 0 Å². The minimum absolute atomic E-state index is 0.147. The zero-order chi connectivity index (χ0) is 18.5. The number of rotatable bonds is 6. The van der Waals surface area contributed by atoms with Crippen LogP contribution < -0.4 is 15.4 Å². The van der Waals surface area contributed by atoms with E-state index < -0.39 is 0 Å². The van der Waals surface area contributed by atoms with E-state index in [0.29, 0.717) is 18.3 Å². The van der Waals surface area contributed by atoms with Crippen LogP contribution in [0, 0.1) is 6.92 Å². The van der Waals surface area contributed by atoms with Crippen molar-refractivity contribution in [2.45, 2.75) is 45.7 Å². The molecule has 3 rings (SSSR count). The van der Waals surface area contributed by atoms with Crippen molar-refractivity contribution < 1.29 is 9.53 Å². The van der Waals surface area contributed by atoms with E-state index in [9.17, 15) is 4.79 Å². The van der Waals surface area contributed by atoms with E-state index in [0.717, 1.165) is 42.9 Å². The van der Waals surface area contributed by atoms with Gasteiger partial charge in [-0.15, -0.1) is 5.10 Å². The van der Waals surface area contributed by atoms with Crippen molar-refractivity contribution in [1.29, 1.82) is 0 Å². The Kier molecular flexibility index (Phi) is 5.88. The molecule has 0 saturated carbocycles. The molecule has 0 bridgehead atoms. The smallest absolute Gasteiger partial charge is 0.274 e. The third-order valence-corrected chi connectivity index (χ3v) is 4.81. The Labute approximate surface area is 154 Å². The molecule has 2 aromatic rings. The fourth-order valence-electron chi connectivity index (χ4n) is 3.34. The van der Waals surface area contributed by atoms with Crippen molar-refractivity contribution in [2.24, 2.45) is 0 Å². The van der Waals surface area contributed by atoms with Crippen LogP contribution in [0.3, 0.4) is 0 Å². The molecule has 0 aliphatic carbocycles. The summed E-state index contributed by atoms with van der Waals surface area (Å²) in [7, 11) is 0. The molecule has 1 unspecified atom stereocenters. The zero-order valence-electron chi connectivity index (χ0n) is 15.7. The van der Waals surface area contributed by atoms with Gasteiger partial charge in [-0.1, -0.05) is 17.3 Å². The van der Waals surface area contributed by atoms with Gasteiger partial charge in [0, 0.05) is 0 Å². The van der Waals surface area contributed by atoms with E-state index in [2.05, 4.69) is 20.9 Å². The lowest BCUT2D eigenvalue weighted by Crippen LogP contribution is -2.31. The van der Waals surface area contributed by atoms with Crippen LogP contribution in [0.2, 0.25) is 0 Å². The van der Waals surface area contributed by atoms with Crippen molar-refractivity contribution in [2.75, 3.05) is 19.7 Å².